The maximum absolute atomic E-state index is 12.4. The summed E-state index contributed by atoms with van der Waals surface area (Å²) in [4.78, 5) is 23.4. The van der Waals surface area contributed by atoms with Crippen LogP contribution in [0.25, 0.3) is 6.08 Å². The quantitative estimate of drug-likeness (QED) is 0.832. The van der Waals surface area contributed by atoms with Crippen molar-refractivity contribution in [2.45, 2.75) is 0 Å². The number of hydrogen-bond acceptors (Lipinski definition) is 4. The Bertz CT molecular complexity index is 804. The molecule has 0 bridgehead atoms. The average Bonchev–Trinajstić information content (AvgIpc) is 2.52. The second-order valence-corrected chi connectivity index (χ2v) is 4.87. The molecule has 1 aliphatic heterocycles. The summed E-state index contributed by atoms with van der Waals surface area (Å²) in [6.45, 7) is 0.124. The highest BCUT2D eigenvalue weighted by atomic mass is 16.5. The van der Waals surface area contributed by atoms with E-state index in [1.54, 1.807) is 36.4 Å². The number of benzene rings is 2. The number of para-hydroxylation sites is 1. The zero-order valence-corrected chi connectivity index (χ0v) is 11.4. The second-order valence-electron chi connectivity index (χ2n) is 4.87. The number of carboxylic acids is 1. The van der Waals surface area contributed by atoms with Crippen molar-refractivity contribution < 1.29 is 24.5 Å². The van der Waals surface area contributed by atoms with E-state index in [1.165, 1.54) is 12.1 Å². The monoisotopic (exact) mass is 296 g/mol. The molecule has 0 saturated carbocycles. The van der Waals surface area contributed by atoms with Gasteiger partial charge in [-0.25, -0.2) is 4.79 Å². The van der Waals surface area contributed by atoms with Crippen molar-refractivity contribution in [1.82, 2.24) is 0 Å². The van der Waals surface area contributed by atoms with Crippen LogP contribution in [0.4, 0.5) is 0 Å². The number of fused-ring (bicyclic) bond motifs is 1. The van der Waals surface area contributed by atoms with Crippen molar-refractivity contribution in [3.63, 3.8) is 0 Å². The minimum absolute atomic E-state index is 0.124. The molecular weight excluding hydrogens is 284 g/mol. The van der Waals surface area contributed by atoms with Crippen molar-refractivity contribution in [3.8, 4) is 11.5 Å². The number of rotatable bonds is 2. The van der Waals surface area contributed by atoms with Gasteiger partial charge >= 0.3 is 5.97 Å². The van der Waals surface area contributed by atoms with Crippen LogP contribution >= 0.6 is 0 Å². The smallest absolute Gasteiger partial charge is 0.339 e. The van der Waals surface area contributed by atoms with Crippen LogP contribution in [0.1, 0.15) is 26.3 Å². The van der Waals surface area contributed by atoms with E-state index in [0.29, 0.717) is 22.4 Å². The first-order chi connectivity index (χ1) is 10.6. The Labute approximate surface area is 126 Å². The van der Waals surface area contributed by atoms with Crippen molar-refractivity contribution >= 4 is 17.8 Å². The standard InChI is InChI=1S/C17H12O5/c18-14-6-5-10(8-13(14)17(20)21)7-11-9-22-15-4-2-1-3-12(15)16(11)19/h1-8,18H,9H2,(H,20,21)/b11-7+. The minimum Gasteiger partial charge on any atom is -0.507 e. The molecule has 0 amide bonds. The summed E-state index contributed by atoms with van der Waals surface area (Å²) in [6, 6.07) is 11.1. The van der Waals surface area contributed by atoms with Gasteiger partial charge in [0.25, 0.3) is 0 Å². The van der Waals surface area contributed by atoms with Gasteiger partial charge in [-0.05, 0) is 35.9 Å². The summed E-state index contributed by atoms with van der Waals surface area (Å²) >= 11 is 0. The normalized spacial score (nSPS) is 15.3. The van der Waals surface area contributed by atoms with Crippen LogP contribution < -0.4 is 4.74 Å². The van der Waals surface area contributed by atoms with Crippen LogP contribution in [0.3, 0.4) is 0 Å². The van der Waals surface area contributed by atoms with E-state index in [-0.39, 0.29) is 23.7 Å². The topological polar surface area (TPSA) is 83.8 Å². The maximum atomic E-state index is 12.4. The number of aromatic carboxylic acids is 1. The Morgan fingerprint density at radius 1 is 1.18 bits per heavy atom. The summed E-state index contributed by atoms with van der Waals surface area (Å²) in [7, 11) is 0. The summed E-state index contributed by atoms with van der Waals surface area (Å²) in [5, 5.41) is 18.5. The number of carbonyl (C=O) groups is 2. The van der Waals surface area contributed by atoms with Crippen LogP contribution in [-0.2, 0) is 0 Å². The zero-order valence-electron chi connectivity index (χ0n) is 11.4. The van der Waals surface area contributed by atoms with Crippen molar-refractivity contribution in [2.24, 2.45) is 0 Å². The third-order valence-electron chi connectivity index (χ3n) is 3.40. The molecule has 0 aliphatic carbocycles. The highest BCUT2D eigenvalue weighted by molar-refractivity contribution is 6.14. The lowest BCUT2D eigenvalue weighted by molar-refractivity contribution is 0.0693. The van der Waals surface area contributed by atoms with Crippen molar-refractivity contribution in [3.05, 3.63) is 64.7 Å². The fourth-order valence-corrected chi connectivity index (χ4v) is 2.30. The Kier molecular flexibility index (Phi) is 3.39. The summed E-state index contributed by atoms with van der Waals surface area (Å²) in [5.74, 6) is -1.14. The first-order valence-corrected chi connectivity index (χ1v) is 6.59. The van der Waals surface area contributed by atoms with Crippen molar-refractivity contribution in [2.75, 3.05) is 6.61 Å². The van der Waals surface area contributed by atoms with Gasteiger partial charge in [-0.3, -0.25) is 4.79 Å². The third-order valence-corrected chi connectivity index (χ3v) is 3.40. The molecule has 0 spiro atoms. The third kappa shape index (κ3) is 2.44. The van der Waals surface area contributed by atoms with Crippen LogP contribution in [0.5, 0.6) is 11.5 Å². The van der Waals surface area contributed by atoms with Crippen LogP contribution in [0.15, 0.2) is 48.0 Å². The molecule has 0 aromatic heterocycles. The van der Waals surface area contributed by atoms with E-state index in [2.05, 4.69) is 0 Å². The van der Waals surface area contributed by atoms with Gasteiger partial charge in [-0.2, -0.15) is 0 Å². The molecule has 3 rings (SSSR count). The van der Waals surface area contributed by atoms with Gasteiger partial charge in [0.05, 0.1) is 5.56 Å². The molecule has 1 aliphatic rings. The molecule has 5 heteroatoms. The highest BCUT2D eigenvalue weighted by Gasteiger charge is 2.22. The predicted octanol–water partition coefficient (Wildman–Crippen LogP) is 2.75. The number of aromatic hydroxyl groups is 1. The number of ketones is 1. The van der Waals surface area contributed by atoms with Crippen LogP contribution in [-0.4, -0.2) is 28.6 Å². The SMILES string of the molecule is O=C(O)c1cc(/C=C2\COc3ccccc3C2=O)ccc1O. The highest BCUT2D eigenvalue weighted by Crippen LogP contribution is 2.28. The molecule has 5 nitrogen and oxygen atoms in total. The maximum Gasteiger partial charge on any atom is 0.339 e. The van der Waals surface area contributed by atoms with Gasteiger partial charge in [0, 0.05) is 5.57 Å². The predicted molar refractivity (Wildman–Crippen MR) is 79.3 cm³/mol. The number of carbonyl (C=O) groups excluding carboxylic acids is 1. The summed E-state index contributed by atoms with van der Waals surface area (Å²) in [5.41, 5.74) is 1.22. The minimum atomic E-state index is -1.23. The lowest BCUT2D eigenvalue weighted by Crippen LogP contribution is -2.18. The number of Topliss-reactive ketones (excluding diaryl/α,β-unsaturated/α-hetero) is 1. The second kappa shape index (κ2) is 5.37. The number of carboxylic acid groups (broad SMARTS) is 1. The van der Waals surface area contributed by atoms with E-state index in [0.717, 1.165) is 0 Å². The molecule has 0 unspecified atom stereocenters. The van der Waals surface area contributed by atoms with E-state index >= 15 is 0 Å². The Morgan fingerprint density at radius 3 is 2.73 bits per heavy atom. The molecule has 2 aromatic rings. The molecule has 1 heterocycles. The molecule has 2 aromatic carbocycles. The van der Waals surface area contributed by atoms with Crippen LogP contribution in [0.2, 0.25) is 0 Å². The summed E-state index contributed by atoms with van der Waals surface area (Å²) in [6.07, 6.45) is 1.57. The number of ether oxygens (including phenoxy) is 1. The fourth-order valence-electron chi connectivity index (χ4n) is 2.30. The molecule has 0 fully saturated rings. The molecule has 0 radical (unpaired) electrons. The zero-order chi connectivity index (χ0) is 15.7. The van der Waals surface area contributed by atoms with Gasteiger partial charge in [-0.15, -0.1) is 0 Å². The lowest BCUT2D eigenvalue weighted by atomic mass is 9.98. The largest absolute Gasteiger partial charge is 0.507 e. The Balaban J connectivity index is 1.99. The van der Waals surface area contributed by atoms with Crippen molar-refractivity contribution in [1.29, 1.82) is 0 Å². The molecule has 22 heavy (non-hydrogen) atoms. The van der Waals surface area contributed by atoms with E-state index in [9.17, 15) is 14.7 Å². The molecule has 110 valence electrons. The van der Waals surface area contributed by atoms with Gasteiger partial charge in [0.2, 0.25) is 0 Å². The Morgan fingerprint density at radius 2 is 1.95 bits per heavy atom. The average molecular weight is 296 g/mol. The Hall–Kier alpha value is -3.08. The molecular formula is C17H12O5. The molecule has 0 saturated heterocycles. The van der Waals surface area contributed by atoms with E-state index in [1.807, 2.05) is 0 Å². The fraction of sp³-hybridized carbons (Fsp3) is 0.0588. The molecule has 0 atom stereocenters. The van der Waals surface area contributed by atoms with Gasteiger partial charge in [0.15, 0.2) is 5.78 Å². The lowest BCUT2D eigenvalue weighted by Gasteiger charge is -2.18. The van der Waals surface area contributed by atoms with E-state index < -0.39 is 5.97 Å². The van der Waals surface area contributed by atoms with Gasteiger partial charge in [0.1, 0.15) is 23.7 Å². The van der Waals surface area contributed by atoms with E-state index in [4.69, 9.17) is 9.84 Å². The summed E-state index contributed by atoms with van der Waals surface area (Å²) < 4.78 is 5.53. The van der Waals surface area contributed by atoms with Crippen LogP contribution in [0, 0.1) is 0 Å². The number of phenols is 1. The molecule has 2 N–H and O–H groups in total. The van der Waals surface area contributed by atoms with Gasteiger partial charge in [-0.1, -0.05) is 18.2 Å². The van der Waals surface area contributed by atoms with Gasteiger partial charge < -0.3 is 14.9 Å². The first-order valence-electron chi connectivity index (χ1n) is 6.59. The first kappa shape index (κ1) is 13.9. The number of hydrogen-bond donors (Lipinski definition) is 2.